The molecule has 154 valence electrons. The summed E-state index contributed by atoms with van der Waals surface area (Å²) in [5.41, 5.74) is 1.91. The molecule has 1 fully saturated rings. The number of aromatic nitrogens is 3. The lowest BCUT2D eigenvalue weighted by Crippen LogP contribution is -2.39. The Bertz CT molecular complexity index is 1020. The van der Waals surface area contributed by atoms with Gasteiger partial charge in [0.15, 0.2) is 0 Å². The minimum atomic E-state index is 0.0201. The van der Waals surface area contributed by atoms with E-state index in [0.29, 0.717) is 11.7 Å². The summed E-state index contributed by atoms with van der Waals surface area (Å²) in [7, 11) is 0. The Hall–Kier alpha value is -3.48. The van der Waals surface area contributed by atoms with Gasteiger partial charge in [-0.2, -0.15) is 0 Å². The molecular formula is C23H25N5O2. The fourth-order valence-electron chi connectivity index (χ4n) is 3.69. The zero-order valence-corrected chi connectivity index (χ0v) is 17.0. The normalized spacial score (nSPS) is 16.7. The zero-order valence-electron chi connectivity index (χ0n) is 17.0. The number of carbonyl (C=O) groups is 1. The molecule has 4 heterocycles. The Morgan fingerprint density at radius 3 is 3.03 bits per heavy atom. The molecule has 0 saturated carbocycles. The highest BCUT2D eigenvalue weighted by Crippen LogP contribution is 2.22. The largest absolute Gasteiger partial charge is 0.465 e. The van der Waals surface area contributed by atoms with E-state index in [1.165, 1.54) is 0 Å². The van der Waals surface area contributed by atoms with Crippen LogP contribution in [0.3, 0.4) is 0 Å². The maximum absolute atomic E-state index is 12.5. The van der Waals surface area contributed by atoms with Crippen LogP contribution < -0.4 is 5.32 Å². The summed E-state index contributed by atoms with van der Waals surface area (Å²) in [6.45, 7) is 3.47. The van der Waals surface area contributed by atoms with Gasteiger partial charge in [-0.05, 0) is 62.4 Å². The molecule has 0 aromatic carbocycles. The summed E-state index contributed by atoms with van der Waals surface area (Å²) < 4.78 is 5.25. The van der Waals surface area contributed by atoms with Gasteiger partial charge in [0.2, 0.25) is 5.91 Å². The number of hydrogen-bond acceptors (Lipinski definition) is 6. The molecule has 4 rings (SSSR count). The predicted octanol–water partition coefficient (Wildman–Crippen LogP) is 4.01. The van der Waals surface area contributed by atoms with Crippen molar-refractivity contribution in [3.8, 4) is 0 Å². The van der Waals surface area contributed by atoms with Gasteiger partial charge in [-0.3, -0.25) is 4.79 Å². The van der Waals surface area contributed by atoms with Crippen LogP contribution in [0, 0.1) is 12.8 Å². The molecule has 1 aliphatic rings. The molecule has 0 spiro atoms. The standard InChI is InChI=1S/C23H25N5O2/c1-17-5-2-8-21(26-17)27-22-14-19(24-16-25-22)13-18-6-3-11-28(15-18)23(29)10-9-20-7-4-12-30-20/h2,4-5,7-10,12,14,16,18H,3,6,11,13,15H2,1H3,(H,24,25,26,27)/b10-9+/t18-/m1/s1. The number of furan rings is 1. The topological polar surface area (TPSA) is 84.2 Å². The average molecular weight is 403 g/mol. The third-order valence-electron chi connectivity index (χ3n) is 5.13. The molecule has 30 heavy (non-hydrogen) atoms. The summed E-state index contributed by atoms with van der Waals surface area (Å²) in [5.74, 6) is 2.56. The van der Waals surface area contributed by atoms with Gasteiger partial charge in [-0.25, -0.2) is 15.0 Å². The number of pyridine rings is 1. The van der Waals surface area contributed by atoms with Crippen molar-refractivity contribution in [2.45, 2.75) is 26.2 Å². The van der Waals surface area contributed by atoms with Gasteiger partial charge in [-0.15, -0.1) is 0 Å². The van der Waals surface area contributed by atoms with Crippen molar-refractivity contribution < 1.29 is 9.21 Å². The third-order valence-corrected chi connectivity index (χ3v) is 5.13. The monoisotopic (exact) mass is 403 g/mol. The van der Waals surface area contributed by atoms with Crippen LogP contribution in [0.25, 0.3) is 6.08 Å². The molecule has 7 nitrogen and oxygen atoms in total. The number of aryl methyl sites for hydroxylation is 1. The van der Waals surface area contributed by atoms with Gasteiger partial charge in [-0.1, -0.05) is 6.07 Å². The van der Waals surface area contributed by atoms with E-state index in [0.717, 1.165) is 55.4 Å². The molecule has 1 amide bonds. The van der Waals surface area contributed by atoms with Crippen molar-refractivity contribution in [3.63, 3.8) is 0 Å². The number of carbonyl (C=O) groups excluding carboxylic acids is 1. The first-order valence-electron chi connectivity index (χ1n) is 10.2. The summed E-state index contributed by atoms with van der Waals surface area (Å²) in [5, 5.41) is 3.23. The molecule has 0 radical (unpaired) electrons. The zero-order chi connectivity index (χ0) is 20.8. The van der Waals surface area contributed by atoms with Crippen molar-refractivity contribution in [1.29, 1.82) is 0 Å². The van der Waals surface area contributed by atoms with E-state index in [1.807, 2.05) is 42.2 Å². The number of nitrogens with one attached hydrogen (secondary N) is 1. The van der Waals surface area contributed by atoms with Crippen LogP contribution in [-0.2, 0) is 11.2 Å². The van der Waals surface area contributed by atoms with Crippen molar-refractivity contribution in [3.05, 3.63) is 72.2 Å². The second-order valence-corrected chi connectivity index (χ2v) is 7.53. The highest BCUT2D eigenvalue weighted by molar-refractivity contribution is 5.91. The molecule has 3 aromatic heterocycles. The first-order chi connectivity index (χ1) is 14.7. The minimum absolute atomic E-state index is 0.0201. The van der Waals surface area contributed by atoms with Crippen LogP contribution in [0.5, 0.6) is 0 Å². The highest BCUT2D eigenvalue weighted by Gasteiger charge is 2.23. The van der Waals surface area contributed by atoms with E-state index in [2.05, 4.69) is 20.3 Å². The van der Waals surface area contributed by atoms with Gasteiger partial charge in [0.1, 0.15) is 23.7 Å². The molecule has 1 N–H and O–H groups in total. The average Bonchev–Trinajstić information content (AvgIpc) is 3.26. The van der Waals surface area contributed by atoms with Crippen LogP contribution >= 0.6 is 0 Å². The Balaban J connectivity index is 1.36. The van der Waals surface area contributed by atoms with Gasteiger partial charge < -0.3 is 14.6 Å². The number of piperidine rings is 1. The molecule has 0 unspecified atom stereocenters. The second kappa shape index (κ2) is 9.35. The number of nitrogens with zero attached hydrogens (tertiary/aromatic N) is 4. The Morgan fingerprint density at radius 2 is 2.20 bits per heavy atom. The number of anilines is 2. The van der Waals surface area contributed by atoms with Gasteiger partial charge >= 0.3 is 0 Å². The smallest absolute Gasteiger partial charge is 0.246 e. The number of rotatable bonds is 6. The first-order valence-corrected chi connectivity index (χ1v) is 10.2. The molecule has 7 heteroatoms. The summed E-state index contributed by atoms with van der Waals surface area (Å²) in [4.78, 5) is 27.6. The van der Waals surface area contributed by atoms with Gasteiger partial charge in [0.25, 0.3) is 0 Å². The van der Waals surface area contributed by atoms with Crippen LogP contribution in [0.2, 0.25) is 0 Å². The maximum Gasteiger partial charge on any atom is 0.246 e. The predicted molar refractivity (Wildman–Crippen MR) is 115 cm³/mol. The molecule has 0 bridgehead atoms. The Labute approximate surface area is 175 Å². The fraction of sp³-hybridized carbons (Fsp3) is 0.304. The first kappa shape index (κ1) is 19.8. The Kier molecular flexibility index (Phi) is 6.17. The molecule has 1 saturated heterocycles. The quantitative estimate of drug-likeness (QED) is 0.626. The number of hydrogen-bond donors (Lipinski definition) is 1. The number of amides is 1. The Morgan fingerprint density at radius 1 is 1.27 bits per heavy atom. The van der Waals surface area contributed by atoms with Gasteiger partial charge in [0.05, 0.1) is 6.26 Å². The van der Waals surface area contributed by atoms with Crippen molar-refractivity contribution in [2.75, 3.05) is 18.4 Å². The van der Waals surface area contributed by atoms with Crippen LogP contribution in [0.1, 0.15) is 30.0 Å². The summed E-state index contributed by atoms with van der Waals surface area (Å²) >= 11 is 0. The van der Waals surface area contributed by atoms with Crippen LogP contribution in [0.4, 0.5) is 11.6 Å². The summed E-state index contributed by atoms with van der Waals surface area (Å²) in [6, 6.07) is 11.4. The lowest BCUT2D eigenvalue weighted by molar-refractivity contribution is -0.127. The van der Waals surface area contributed by atoms with Crippen LogP contribution in [-0.4, -0.2) is 38.8 Å². The lowest BCUT2D eigenvalue weighted by Gasteiger charge is -2.32. The molecular weight excluding hydrogens is 378 g/mol. The van der Waals surface area contributed by atoms with E-state index in [4.69, 9.17) is 4.42 Å². The van der Waals surface area contributed by atoms with Crippen LogP contribution in [0.15, 0.2) is 59.5 Å². The van der Waals surface area contributed by atoms with E-state index in [9.17, 15) is 4.79 Å². The molecule has 1 atom stereocenters. The summed E-state index contributed by atoms with van der Waals surface area (Å²) in [6.07, 6.45) is 9.36. The molecule has 1 aliphatic heterocycles. The van der Waals surface area contributed by atoms with Gasteiger partial charge in [0, 0.05) is 36.6 Å². The third kappa shape index (κ3) is 5.31. The van der Waals surface area contributed by atoms with E-state index < -0.39 is 0 Å². The van der Waals surface area contributed by atoms with Crippen molar-refractivity contribution >= 4 is 23.6 Å². The SMILES string of the molecule is Cc1cccc(Nc2cc(C[C@H]3CCCN(C(=O)/C=C/c4ccco4)C3)ncn2)n1. The van der Waals surface area contributed by atoms with E-state index in [1.54, 1.807) is 30.8 Å². The maximum atomic E-state index is 12.5. The van der Waals surface area contributed by atoms with E-state index >= 15 is 0 Å². The number of likely N-dealkylation sites (tertiary alicyclic amines) is 1. The van der Waals surface area contributed by atoms with Crippen molar-refractivity contribution in [2.24, 2.45) is 5.92 Å². The van der Waals surface area contributed by atoms with Crippen molar-refractivity contribution in [1.82, 2.24) is 19.9 Å². The minimum Gasteiger partial charge on any atom is -0.465 e. The molecule has 0 aliphatic carbocycles. The fourth-order valence-corrected chi connectivity index (χ4v) is 3.69. The lowest BCUT2D eigenvalue weighted by atomic mass is 9.93. The van der Waals surface area contributed by atoms with E-state index in [-0.39, 0.29) is 5.91 Å². The highest BCUT2D eigenvalue weighted by atomic mass is 16.3. The second-order valence-electron chi connectivity index (χ2n) is 7.53. The molecule has 3 aromatic rings.